The molecule has 0 aromatic rings. The van der Waals surface area contributed by atoms with E-state index in [1.54, 1.807) is 14.2 Å². The van der Waals surface area contributed by atoms with Crippen LogP contribution < -0.4 is 5.32 Å². The molecule has 0 aliphatic heterocycles. The molecule has 15 heavy (non-hydrogen) atoms. The Morgan fingerprint density at radius 3 is 2.27 bits per heavy atom. The molecule has 0 saturated carbocycles. The molecule has 0 unspecified atom stereocenters. The molecule has 0 radical (unpaired) electrons. The number of rotatable bonds is 12. The summed E-state index contributed by atoms with van der Waals surface area (Å²) in [4.78, 5) is 0. The highest BCUT2D eigenvalue weighted by atomic mass is 16.5. The van der Waals surface area contributed by atoms with E-state index in [4.69, 9.17) is 14.2 Å². The lowest BCUT2D eigenvalue weighted by molar-refractivity contribution is 0.0720. The smallest absolute Gasteiger partial charge is 0.0700 e. The zero-order valence-corrected chi connectivity index (χ0v) is 10.1. The first-order valence-corrected chi connectivity index (χ1v) is 5.68. The van der Waals surface area contributed by atoms with E-state index >= 15 is 0 Å². The fraction of sp³-hybridized carbons (Fsp3) is 1.00. The highest BCUT2D eigenvalue weighted by molar-refractivity contribution is 4.48. The molecule has 0 heterocycles. The molecule has 0 fully saturated rings. The van der Waals surface area contributed by atoms with Gasteiger partial charge in [-0.25, -0.2) is 0 Å². The molecule has 0 aromatic heterocycles. The maximum atomic E-state index is 5.31. The van der Waals surface area contributed by atoms with Crippen molar-refractivity contribution in [1.29, 1.82) is 0 Å². The Morgan fingerprint density at radius 1 is 0.733 bits per heavy atom. The third-order valence-electron chi connectivity index (χ3n) is 2.06. The van der Waals surface area contributed by atoms with Gasteiger partial charge in [-0.15, -0.1) is 0 Å². The molecule has 0 rings (SSSR count). The first kappa shape index (κ1) is 14.8. The molecule has 0 aromatic carbocycles. The number of hydrogen-bond donors (Lipinski definition) is 1. The van der Waals surface area contributed by atoms with Crippen LogP contribution in [0.25, 0.3) is 0 Å². The van der Waals surface area contributed by atoms with E-state index in [9.17, 15) is 0 Å². The molecule has 0 saturated heterocycles. The van der Waals surface area contributed by atoms with Crippen LogP contribution >= 0.6 is 0 Å². The predicted octanol–water partition coefficient (Wildman–Crippen LogP) is 1.06. The molecule has 1 N–H and O–H groups in total. The molecule has 0 amide bonds. The molecular formula is C11H25NO3. The lowest BCUT2D eigenvalue weighted by Crippen LogP contribution is -2.21. The second kappa shape index (κ2) is 13.8. The third-order valence-corrected chi connectivity index (χ3v) is 2.06. The van der Waals surface area contributed by atoms with Crippen molar-refractivity contribution in [3.05, 3.63) is 0 Å². The number of methoxy groups -OCH3 is 2. The number of nitrogens with one attached hydrogen (secondary N) is 1. The zero-order chi connectivity index (χ0) is 11.2. The standard InChI is InChI=1S/C11H25NO3/c1-13-8-5-3-4-6-12-7-9-15-11-10-14-2/h12H,3-11H2,1-2H3. The van der Waals surface area contributed by atoms with E-state index in [-0.39, 0.29) is 0 Å². The van der Waals surface area contributed by atoms with E-state index < -0.39 is 0 Å². The topological polar surface area (TPSA) is 39.7 Å². The maximum absolute atomic E-state index is 5.31. The van der Waals surface area contributed by atoms with Crippen molar-refractivity contribution in [2.45, 2.75) is 19.3 Å². The summed E-state index contributed by atoms with van der Waals surface area (Å²) in [5.74, 6) is 0. The first-order valence-electron chi connectivity index (χ1n) is 5.68. The highest BCUT2D eigenvalue weighted by Gasteiger charge is 1.90. The Hall–Kier alpha value is -0.160. The molecule has 0 bridgehead atoms. The summed E-state index contributed by atoms with van der Waals surface area (Å²) < 4.78 is 15.2. The maximum Gasteiger partial charge on any atom is 0.0700 e. The quantitative estimate of drug-likeness (QED) is 0.498. The van der Waals surface area contributed by atoms with Gasteiger partial charge in [-0.3, -0.25) is 0 Å². The summed E-state index contributed by atoms with van der Waals surface area (Å²) in [5.41, 5.74) is 0. The lowest BCUT2D eigenvalue weighted by atomic mass is 10.2. The summed E-state index contributed by atoms with van der Waals surface area (Å²) in [6, 6.07) is 0. The van der Waals surface area contributed by atoms with Gasteiger partial charge in [0, 0.05) is 27.4 Å². The largest absolute Gasteiger partial charge is 0.385 e. The number of ether oxygens (including phenoxy) is 3. The van der Waals surface area contributed by atoms with Crippen LogP contribution in [-0.2, 0) is 14.2 Å². The second-order valence-electron chi connectivity index (χ2n) is 3.41. The van der Waals surface area contributed by atoms with Crippen LogP contribution in [0.1, 0.15) is 19.3 Å². The van der Waals surface area contributed by atoms with Crippen molar-refractivity contribution in [2.24, 2.45) is 0 Å². The fourth-order valence-corrected chi connectivity index (χ4v) is 1.19. The van der Waals surface area contributed by atoms with Gasteiger partial charge in [-0.2, -0.15) is 0 Å². The van der Waals surface area contributed by atoms with E-state index in [2.05, 4.69) is 5.32 Å². The van der Waals surface area contributed by atoms with Crippen molar-refractivity contribution < 1.29 is 14.2 Å². The molecule has 4 nitrogen and oxygen atoms in total. The fourth-order valence-electron chi connectivity index (χ4n) is 1.19. The van der Waals surface area contributed by atoms with Crippen molar-refractivity contribution in [2.75, 3.05) is 53.7 Å². The van der Waals surface area contributed by atoms with Crippen molar-refractivity contribution >= 4 is 0 Å². The average Bonchev–Trinajstić information content (AvgIpc) is 2.26. The van der Waals surface area contributed by atoms with Crippen molar-refractivity contribution in [3.63, 3.8) is 0 Å². The Balaban J connectivity index is 2.81. The summed E-state index contributed by atoms with van der Waals surface area (Å²) >= 11 is 0. The second-order valence-corrected chi connectivity index (χ2v) is 3.41. The Bertz CT molecular complexity index is 100. The summed E-state index contributed by atoms with van der Waals surface area (Å²) in [7, 11) is 3.43. The minimum absolute atomic E-state index is 0.678. The first-order chi connectivity index (χ1) is 7.41. The van der Waals surface area contributed by atoms with E-state index in [0.29, 0.717) is 13.2 Å². The van der Waals surface area contributed by atoms with Gasteiger partial charge in [0.05, 0.1) is 19.8 Å². The molecule has 0 atom stereocenters. The van der Waals surface area contributed by atoms with Gasteiger partial charge in [-0.1, -0.05) is 0 Å². The van der Waals surface area contributed by atoms with E-state index in [1.165, 1.54) is 12.8 Å². The van der Waals surface area contributed by atoms with E-state index in [0.717, 1.165) is 32.7 Å². The van der Waals surface area contributed by atoms with Crippen LogP contribution in [0, 0.1) is 0 Å². The molecule has 0 aliphatic rings. The zero-order valence-electron chi connectivity index (χ0n) is 10.1. The van der Waals surface area contributed by atoms with Gasteiger partial charge in [0.1, 0.15) is 0 Å². The Kier molecular flexibility index (Phi) is 13.7. The van der Waals surface area contributed by atoms with Crippen LogP contribution in [0.3, 0.4) is 0 Å². The van der Waals surface area contributed by atoms with Crippen molar-refractivity contribution in [3.8, 4) is 0 Å². The molecule has 0 aliphatic carbocycles. The van der Waals surface area contributed by atoms with Crippen LogP contribution in [0.4, 0.5) is 0 Å². The molecule has 0 spiro atoms. The van der Waals surface area contributed by atoms with Crippen LogP contribution in [-0.4, -0.2) is 53.7 Å². The molecule has 4 heteroatoms. The van der Waals surface area contributed by atoms with Crippen LogP contribution in [0.2, 0.25) is 0 Å². The Morgan fingerprint density at radius 2 is 1.53 bits per heavy atom. The lowest BCUT2D eigenvalue weighted by Gasteiger charge is -2.05. The third kappa shape index (κ3) is 13.8. The SMILES string of the molecule is COCCCCCNCCOCCOC. The van der Waals surface area contributed by atoms with Crippen LogP contribution in [0.15, 0.2) is 0 Å². The van der Waals surface area contributed by atoms with Gasteiger partial charge in [0.25, 0.3) is 0 Å². The molecular weight excluding hydrogens is 194 g/mol. The van der Waals surface area contributed by atoms with E-state index in [1.807, 2.05) is 0 Å². The van der Waals surface area contributed by atoms with Gasteiger partial charge < -0.3 is 19.5 Å². The summed E-state index contributed by atoms with van der Waals surface area (Å²) in [5, 5.41) is 3.33. The number of hydrogen-bond acceptors (Lipinski definition) is 4. The molecule has 92 valence electrons. The summed E-state index contributed by atoms with van der Waals surface area (Å²) in [6.07, 6.45) is 3.59. The van der Waals surface area contributed by atoms with Gasteiger partial charge >= 0.3 is 0 Å². The van der Waals surface area contributed by atoms with Gasteiger partial charge in [0.2, 0.25) is 0 Å². The monoisotopic (exact) mass is 219 g/mol. The summed E-state index contributed by atoms with van der Waals surface area (Å²) in [6.45, 7) is 5.00. The predicted molar refractivity (Wildman–Crippen MR) is 61.3 cm³/mol. The van der Waals surface area contributed by atoms with Gasteiger partial charge in [-0.05, 0) is 25.8 Å². The Labute approximate surface area is 93.3 Å². The minimum Gasteiger partial charge on any atom is -0.385 e. The minimum atomic E-state index is 0.678. The normalized spacial score (nSPS) is 10.8. The number of unbranched alkanes of at least 4 members (excludes halogenated alkanes) is 2. The van der Waals surface area contributed by atoms with Crippen LogP contribution in [0.5, 0.6) is 0 Å². The highest BCUT2D eigenvalue weighted by Crippen LogP contribution is 1.93. The van der Waals surface area contributed by atoms with Gasteiger partial charge in [0.15, 0.2) is 0 Å². The van der Waals surface area contributed by atoms with Crippen molar-refractivity contribution in [1.82, 2.24) is 5.32 Å². The average molecular weight is 219 g/mol.